The van der Waals surface area contributed by atoms with Crippen molar-refractivity contribution in [2.24, 2.45) is 0 Å². The fourth-order valence-electron chi connectivity index (χ4n) is 3.26. The summed E-state index contributed by atoms with van der Waals surface area (Å²) in [5.74, 6) is 0.794. The zero-order chi connectivity index (χ0) is 18.0. The van der Waals surface area contributed by atoms with E-state index in [1.165, 1.54) is 0 Å². The molecule has 5 heteroatoms. The standard InChI is InChI=1S/C20H26N2O3/c1-14(2)25-18-9-8-15-6-4-5-7-16(15)17(18)12-21-19(23)22-11-10-20(3,24)13-22/h4-9,14,24H,10-13H2,1-3H3,(H,21,23). The van der Waals surface area contributed by atoms with Gasteiger partial charge in [0.25, 0.3) is 0 Å². The molecule has 5 nitrogen and oxygen atoms in total. The number of β-amino-alcohol motifs (C(OH)–C–C–N with tert-alkyl or cyclic N) is 1. The summed E-state index contributed by atoms with van der Waals surface area (Å²) in [5, 5.41) is 15.2. The quantitative estimate of drug-likeness (QED) is 0.896. The number of nitrogens with zero attached hydrogens (tertiary/aromatic N) is 1. The molecular weight excluding hydrogens is 316 g/mol. The first-order valence-corrected chi connectivity index (χ1v) is 8.78. The van der Waals surface area contributed by atoms with Crippen molar-refractivity contribution in [1.29, 1.82) is 0 Å². The summed E-state index contributed by atoms with van der Waals surface area (Å²) in [6.07, 6.45) is 0.667. The van der Waals surface area contributed by atoms with Crippen LogP contribution in [0.4, 0.5) is 4.79 Å². The van der Waals surface area contributed by atoms with Crippen molar-refractivity contribution >= 4 is 16.8 Å². The average Bonchev–Trinajstić information content (AvgIpc) is 2.93. The Bertz CT molecular complexity index is 771. The van der Waals surface area contributed by atoms with Crippen LogP contribution in [0.5, 0.6) is 5.75 Å². The van der Waals surface area contributed by atoms with E-state index in [1.807, 2.05) is 44.2 Å². The number of nitrogens with one attached hydrogen (secondary N) is 1. The van der Waals surface area contributed by atoms with Crippen LogP contribution in [0.2, 0.25) is 0 Å². The molecule has 1 atom stereocenters. The third-order valence-corrected chi connectivity index (χ3v) is 4.52. The van der Waals surface area contributed by atoms with E-state index < -0.39 is 5.60 Å². The number of benzene rings is 2. The van der Waals surface area contributed by atoms with Gasteiger partial charge in [-0.1, -0.05) is 30.3 Å². The van der Waals surface area contributed by atoms with Crippen LogP contribution in [0.3, 0.4) is 0 Å². The molecule has 3 rings (SSSR count). The number of hydrogen-bond donors (Lipinski definition) is 2. The first kappa shape index (κ1) is 17.5. The van der Waals surface area contributed by atoms with Gasteiger partial charge in [-0.3, -0.25) is 0 Å². The van der Waals surface area contributed by atoms with Gasteiger partial charge in [-0.05, 0) is 44.0 Å². The van der Waals surface area contributed by atoms with Crippen molar-refractivity contribution in [3.8, 4) is 5.75 Å². The Hall–Kier alpha value is -2.27. The number of amides is 2. The Morgan fingerprint density at radius 3 is 2.76 bits per heavy atom. The Labute approximate surface area is 148 Å². The van der Waals surface area contributed by atoms with Crippen LogP contribution in [-0.2, 0) is 6.54 Å². The number of urea groups is 1. The van der Waals surface area contributed by atoms with Crippen LogP contribution in [0, 0.1) is 0 Å². The largest absolute Gasteiger partial charge is 0.491 e. The van der Waals surface area contributed by atoms with Crippen molar-refractivity contribution in [3.63, 3.8) is 0 Å². The third kappa shape index (κ3) is 4.04. The van der Waals surface area contributed by atoms with E-state index in [0.29, 0.717) is 26.1 Å². The molecule has 0 radical (unpaired) electrons. The molecule has 1 aliphatic rings. The molecule has 0 saturated carbocycles. The van der Waals surface area contributed by atoms with Gasteiger partial charge < -0.3 is 20.1 Å². The fourth-order valence-corrected chi connectivity index (χ4v) is 3.26. The van der Waals surface area contributed by atoms with E-state index >= 15 is 0 Å². The van der Waals surface area contributed by atoms with Gasteiger partial charge in [-0.2, -0.15) is 0 Å². The number of fused-ring (bicyclic) bond motifs is 1. The summed E-state index contributed by atoms with van der Waals surface area (Å²) in [4.78, 5) is 14.1. The average molecular weight is 342 g/mol. The lowest BCUT2D eigenvalue weighted by Crippen LogP contribution is -2.40. The van der Waals surface area contributed by atoms with Crippen LogP contribution in [0.15, 0.2) is 36.4 Å². The Morgan fingerprint density at radius 2 is 2.08 bits per heavy atom. The minimum Gasteiger partial charge on any atom is -0.491 e. The van der Waals surface area contributed by atoms with Gasteiger partial charge in [0.2, 0.25) is 0 Å². The molecule has 2 aromatic carbocycles. The number of carbonyl (C=O) groups excluding carboxylic acids is 1. The molecule has 0 aliphatic carbocycles. The summed E-state index contributed by atoms with van der Waals surface area (Å²) in [6.45, 7) is 7.07. The van der Waals surface area contributed by atoms with E-state index in [0.717, 1.165) is 22.1 Å². The van der Waals surface area contributed by atoms with E-state index in [9.17, 15) is 9.90 Å². The number of ether oxygens (including phenoxy) is 1. The van der Waals surface area contributed by atoms with Crippen molar-refractivity contribution in [1.82, 2.24) is 10.2 Å². The summed E-state index contributed by atoms with van der Waals surface area (Å²) in [7, 11) is 0. The molecule has 0 spiro atoms. The van der Waals surface area contributed by atoms with Crippen LogP contribution in [0.25, 0.3) is 10.8 Å². The molecule has 134 valence electrons. The molecule has 1 saturated heterocycles. The van der Waals surface area contributed by atoms with Gasteiger partial charge >= 0.3 is 6.03 Å². The first-order valence-electron chi connectivity index (χ1n) is 8.78. The minimum absolute atomic E-state index is 0.0595. The van der Waals surface area contributed by atoms with Crippen LogP contribution >= 0.6 is 0 Å². The summed E-state index contributed by atoms with van der Waals surface area (Å²) < 4.78 is 5.94. The first-order chi connectivity index (χ1) is 11.9. The van der Waals surface area contributed by atoms with Gasteiger partial charge in [0.15, 0.2) is 0 Å². The highest BCUT2D eigenvalue weighted by atomic mass is 16.5. The summed E-state index contributed by atoms with van der Waals surface area (Å²) in [6, 6.07) is 11.9. The van der Waals surface area contributed by atoms with Crippen LogP contribution < -0.4 is 10.1 Å². The molecule has 0 aromatic heterocycles. The number of carbonyl (C=O) groups is 1. The summed E-state index contributed by atoms with van der Waals surface area (Å²) >= 11 is 0. The van der Waals surface area contributed by atoms with Gasteiger partial charge in [0.05, 0.1) is 18.2 Å². The van der Waals surface area contributed by atoms with Gasteiger partial charge in [0.1, 0.15) is 5.75 Å². The number of rotatable bonds is 4. The highest BCUT2D eigenvalue weighted by molar-refractivity contribution is 5.88. The Balaban J connectivity index is 1.80. The zero-order valence-electron chi connectivity index (χ0n) is 15.1. The number of aliphatic hydroxyl groups is 1. The Kier molecular flexibility index (Phi) is 4.86. The number of hydrogen-bond acceptors (Lipinski definition) is 3. The predicted octanol–water partition coefficient (Wildman–Crippen LogP) is 3.29. The maximum atomic E-state index is 12.4. The second kappa shape index (κ2) is 6.92. The van der Waals surface area contributed by atoms with Crippen molar-refractivity contribution in [2.75, 3.05) is 13.1 Å². The van der Waals surface area contributed by atoms with E-state index in [2.05, 4.69) is 11.4 Å². The molecule has 1 heterocycles. The normalized spacial score (nSPS) is 20.3. The van der Waals surface area contributed by atoms with Crippen LogP contribution in [0.1, 0.15) is 32.8 Å². The second-order valence-electron chi connectivity index (χ2n) is 7.26. The summed E-state index contributed by atoms with van der Waals surface area (Å²) in [5.41, 5.74) is 0.189. The molecule has 0 bridgehead atoms. The van der Waals surface area contributed by atoms with Crippen LogP contribution in [-0.4, -0.2) is 40.8 Å². The topological polar surface area (TPSA) is 61.8 Å². The van der Waals surface area contributed by atoms with E-state index in [-0.39, 0.29) is 12.1 Å². The van der Waals surface area contributed by atoms with Gasteiger partial charge in [0, 0.05) is 18.7 Å². The maximum Gasteiger partial charge on any atom is 0.317 e. The smallest absolute Gasteiger partial charge is 0.317 e. The highest BCUT2D eigenvalue weighted by Gasteiger charge is 2.33. The predicted molar refractivity (Wildman–Crippen MR) is 98.8 cm³/mol. The van der Waals surface area contributed by atoms with E-state index in [1.54, 1.807) is 11.8 Å². The lowest BCUT2D eigenvalue weighted by molar-refractivity contribution is 0.0719. The number of likely N-dealkylation sites (tertiary alicyclic amines) is 1. The highest BCUT2D eigenvalue weighted by Crippen LogP contribution is 2.29. The SMILES string of the molecule is CC(C)Oc1ccc2ccccc2c1CNC(=O)N1CCC(C)(O)C1. The minimum atomic E-state index is -0.789. The second-order valence-corrected chi connectivity index (χ2v) is 7.26. The lowest BCUT2D eigenvalue weighted by atomic mass is 10.0. The molecule has 1 unspecified atom stereocenters. The molecule has 25 heavy (non-hydrogen) atoms. The van der Waals surface area contributed by atoms with Crippen molar-refractivity contribution < 1.29 is 14.6 Å². The zero-order valence-corrected chi connectivity index (χ0v) is 15.1. The van der Waals surface area contributed by atoms with Gasteiger partial charge in [-0.15, -0.1) is 0 Å². The molecule has 1 aliphatic heterocycles. The fraction of sp³-hybridized carbons (Fsp3) is 0.450. The molecule has 2 aromatic rings. The Morgan fingerprint density at radius 1 is 1.32 bits per heavy atom. The molecule has 2 N–H and O–H groups in total. The monoisotopic (exact) mass is 342 g/mol. The molecular formula is C20H26N2O3. The van der Waals surface area contributed by atoms with Crippen molar-refractivity contribution in [2.45, 2.75) is 45.4 Å². The lowest BCUT2D eigenvalue weighted by Gasteiger charge is -2.21. The van der Waals surface area contributed by atoms with Crippen molar-refractivity contribution in [3.05, 3.63) is 42.0 Å². The van der Waals surface area contributed by atoms with Gasteiger partial charge in [-0.25, -0.2) is 4.79 Å². The maximum absolute atomic E-state index is 12.4. The molecule has 1 fully saturated rings. The third-order valence-electron chi connectivity index (χ3n) is 4.52. The van der Waals surface area contributed by atoms with E-state index in [4.69, 9.17) is 4.74 Å². The molecule has 2 amide bonds.